The molecule has 1 heterocycles. The predicted molar refractivity (Wildman–Crippen MR) is 102 cm³/mol. The van der Waals surface area contributed by atoms with Crippen LogP contribution in [0.1, 0.15) is 22.3 Å². The first-order chi connectivity index (χ1) is 11.6. The van der Waals surface area contributed by atoms with Crippen LogP contribution in [-0.2, 0) is 6.54 Å². The molecule has 4 heteroatoms. The van der Waals surface area contributed by atoms with Crippen molar-refractivity contribution < 1.29 is 4.74 Å². The third kappa shape index (κ3) is 3.60. The Morgan fingerprint density at radius 2 is 1.79 bits per heavy atom. The van der Waals surface area contributed by atoms with Gasteiger partial charge in [0, 0.05) is 17.6 Å². The quantitative estimate of drug-likeness (QED) is 0.621. The minimum Gasteiger partial charge on any atom is -0.497 e. The Kier molecular flexibility index (Phi) is 4.86. The predicted octanol–water partition coefficient (Wildman–Crippen LogP) is 5.42. The number of aromatic nitrogens is 1. The number of nitrogens with zero attached hydrogens (tertiary/aromatic N) is 2. The van der Waals surface area contributed by atoms with E-state index in [2.05, 4.69) is 66.4 Å². The molecule has 0 amide bonds. The summed E-state index contributed by atoms with van der Waals surface area (Å²) < 4.78 is 5.32. The van der Waals surface area contributed by atoms with Crippen LogP contribution in [0.25, 0.3) is 0 Å². The third-order valence-corrected chi connectivity index (χ3v) is 4.67. The summed E-state index contributed by atoms with van der Waals surface area (Å²) in [5, 5.41) is 2.09. The van der Waals surface area contributed by atoms with Crippen molar-refractivity contribution in [2.45, 2.75) is 27.3 Å². The Balaban J connectivity index is 2.00. The van der Waals surface area contributed by atoms with Gasteiger partial charge in [-0.25, -0.2) is 4.98 Å². The van der Waals surface area contributed by atoms with E-state index < -0.39 is 0 Å². The van der Waals surface area contributed by atoms with Crippen molar-refractivity contribution in [1.82, 2.24) is 4.98 Å². The van der Waals surface area contributed by atoms with Gasteiger partial charge in [0.05, 0.1) is 12.6 Å². The largest absolute Gasteiger partial charge is 0.497 e. The second-order valence-electron chi connectivity index (χ2n) is 6.07. The van der Waals surface area contributed by atoms with Gasteiger partial charge < -0.3 is 9.64 Å². The van der Waals surface area contributed by atoms with E-state index in [1.165, 1.54) is 27.9 Å². The molecule has 0 fully saturated rings. The monoisotopic (exact) mass is 338 g/mol. The molecule has 3 aromatic rings. The minimum atomic E-state index is 0.780. The molecule has 24 heavy (non-hydrogen) atoms. The van der Waals surface area contributed by atoms with Gasteiger partial charge >= 0.3 is 0 Å². The number of ether oxygens (including phenoxy) is 1. The number of hydrogen-bond donors (Lipinski definition) is 0. The highest BCUT2D eigenvalue weighted by Gasteiger charge is 2.14. The maximum atomic E-state index is 5.32. The summed E-state index contributed by atoms with van der Waals surface area (Å²) in [6, 6.07) is 12.9. The third-order valence-electron chi connectivity index (χ3n) is 4.09. The van der Waals surface area contributed by atoms with Gasteiger partial charge in [0.25, 0.3) is 0 Å². The molecule has 3 rings (SSSR count). The van der Waals surface area contributed by atoms with Gasteiger partial charge in [0.15, 0.2) is 0 Å². The number of aryl methyl sites for hydroxylation is 3. The lowest BCUT2D eigenvalue weighted by Crippen LogP contribution is -2.17. The molecule has 124 valence electrons. The molecular formula is C20H22N2OS. The fourth-order valence-corrected chi connectivity index (χ4v) is 3.43. The van der Waals surface area contributed by atoms with Gasteiger partial charge in [0.2, 0.25) is 0 Å². The molecule has 0 bridgehead atoms. The molecule has 0 saturated carbocycles. The fourth-order valence-electron chi connectivity index (χ4n) is 2.89. The molecule has 0 saturated heterocycles. The summed E-state index contributed by atoms with van der Waals surface area (Å²) in [7, 11) is 1.70. The Labute approximate surface area is 147 Å². The van der Waals surface area contributed by atoms with Crippen LogP contribution in [0.2, 0.25) is 0 Å². The molecule has 0 unspecified atom stereocenters. The zero-order valence-corrected chi connectivity index (χ0v) is 15.4. The van der Waals surface area contributed by atoms with Crippen LogP contribution < -0.4 is 9.64 Å². The Hall–Kier alpha value is -2.33. The van der Waals surface area contributed by atoms with E-state index in [-0.39, 0.29) is 0 Å². The average molecular weight is 338 g/mol. The lowest BCUT2D eigenvalue weighted by Gasteiger charge is -2.24. The molecular weight excluding hydrogens is 316 g/mol. The molecule has 0 aliphatic carbocycles. The summed E-state index contributed by atoms with van der Waals surface area (Å²) in [6.07, 6.45) is 0. The van der Waals surface area contributed by atoms with Crippen LogP contribution >= 0.6 is 11.3 Å². The number of rotatable bonds is 5. The van der Waals surface area contributed by atoms with E-state index in [4.69, 9.17) is 4.74 Å². The topological polar surface area (TPSA) is 25.4 Å². The molecule has 0 aliphatic rings. The summed E-state index contributed by atoms with van der Waals surface area (Å²) in [4.78, 5) is 6.80. The van der Waals surface area contributed by atoms with Crippen LogP contribution in [0.15, 0.2) is 47.3 Å². The number of anilines is 2. The number of thiazole rings is 1. The van der Waals surface area contributed by atoms with Crippen molar-refractivity contribution in [1.29, 1.82) is 0 Å². The smallest absolute Gasteiger partial charge is 0.144 e. The molecule has 0 atom stereocenters. The van der Waals surface area contributed by atoms with E-state index in [1.807, 2.05) is 11.6 Å². The van der Waals surface area contributed by atoms with E-state index in [0.29, 0.717) is 0 Å². The van der Waals surface area contributed by atoms with Crippen molar-refractivity contribution in [2.24, 2.45) is 0 Å². The van der Waals surface area contributed by atoms with E-state index in [0.717, 1.165) is 18.1 Å². The van der Waals surface area contributed by atoms with Gasteiger partial charge in [-0.05, 0) is 67.3 Å². The molecule has 0 aliphatic heterocycles. The van der Waals surface area contributed by atoms with Crippen LogP contribution in [0.5, 0.6) is 5.75 Å². The van der Waals surface area contributed by atoms with Crippen molar-refractivity contribution in [2.75, 3.05) is 12.0 Å². The molecule has 3 nitrogen and oxygen atoms in total. The van der Waals surface area contributed by atoms with Crippen molar-refractivity contribution >= 4 is 22.8 Å². The Bertz CT molecular complexity index is 807. The van der Waals surface area contributed by atoms with Gasteiger partial charge in [-0.2, -0.15) is 0 Å². The zero-order valence-electron chi connectivity index (χ0n) is 14.5. The first-order valence-corrected chi connectivity index (χ1v) is 8.88. The van der Waals surface area contributed by atoms with Crippen LogP contribution in [0.4, 0.5) is 11.5 Å². The summed E-state index contributed by atoms with van der Waals surface area (Å²) in [5.74, 6) is 1.88. The van der Waals surface area contributed by atoms with E-state index >= 15 is 0 Å². The van der Waals surface area contributed by atoms with Crippen molar-refractivity contribution in [3.8, 4) is 5.75 Å². The second kappa shape index (κ2) is 7.05. The molecule has 1 aromatic heterocycles. The number of methoxy groups -OCH3 is 1. The summed E-state index contributed by atoms with van der Waals surface area (Å²) >= 11 is 1.62. The molecule has 0 spiro atoms. The maximum Gasteiger partial charge on any atom is 0.144 e. The van der Waals surface area contributed by atoms with Gasteiger partial charge in [-0.3, -0.25) is 0 Å². The summed E-state index contributed by atoms with van der Waals surface area (Å²) in [5.41, 5.74) is 8.06. The van der Waals surface area contributed by atoms with E-state index in [1.54, 1.807) is 18.4 Å². The van der Waals surface area contributed by atoms with Gasteiger partial charge in [-0.15, -0.1) is 11.3 Å². The minimum absolute atomic E-state index is 0.780. The Morgan fingerprint density at radius 1 is 1.04 bits per heavy atom. The van der Waals surface area contributed by atoms with Gasteiger partial charge in [0.1, 0.15) is 11.6 Å². The lowest BCUT2D eigenvalue weighted by molar-refractivity contribution is 0.414. The van der Waals surface area contributed by atoms with E-state index in [9.17, 15) is 0 Å². The van der Waals surface area contributed by atoms with Crippen LogP contribution in [0, 0.1) is 20.8 Å². The number of hydrogen-bond acceptors (Lipinski definition) is 4. The molecule has 2 aromatic carbocycles. The summed E-state index contributed by atoms with van der Waals surface area (Å²) in [6.45, 7) is 7.17. The zero-order chi connectivity index (χ0) is 17.1. The fraction of sp³-hybridized carbons (Fsp3) is 0.250. The highest BCUT2D eigenvalue weighted by Crippen LogP contribution is 2.30. The van der Waals surface area contributed by atoms with Crippen molar-refractivity contribution in [3.05, 3.63) is 69.5 Å². The highest BCUT2D eigenvalue weighted by molar-refractivity contribution is 7.07. The number of benzene rings is 2. The Morgan fingerprint density at radius 3 is 2.38 bits per heavy atom. The second-order valence-corrected chi connectivity index (χ2v) is 6.79. The first kappa shape index (κ1) is 16.5. The van der Waals surface area contributed by atoms with Gasteiger partial charge in [-0.1, -0.05) is 12.1 Å². The highest BCUT2D eigenvalue weighted by atomic mass is 32.1. The van der Waals surface area contributed by atoms with Crippen LogP contribution in [-0.4, -0.2) is 12.1 Å². The van der Waals surface area contributed by atoms with Crippen molar-refractivity contribution in [3.63, 3.8) is 0 Å². The lowest BCUT2D eigenvalue weighted by atomic mass is 10.1. The maximum absolute atomic E-state index is 5.32. The first-order valence-electron chi connectivity index (χ1n) is 7.94. The average Bonchev–Trinajstić information content (AvgIpc) is 3.06. The normalized spacial score (nSPS) is 10.7. The molecule has 0 radical (unpaired) electrons. The standard InChI is InChI=1S/C20H22N2OS/c1-14-7-15(2)9-18(8-14)22(20-12-24-13-21-20)11-17-5-6-19(23-4)10-16(17)3/h5-10,12-13H,11H2,1-4H3. The SMILES string of the molecule is COc1ccc(CN(c2cc(C)cc(C)c2)c2cscn2)c(C)c1. The van der Waals surface area contributed by atoms with Crippen LogP contribution in [0.3, 0.4) is 0 Å². The molecule has 0 N–H and O–H groups in total.